The van der Waals surface area contributed by atoms with E-state index >= 15 is 0 Å². The van der Waals surface area contributed by atoms with Gasteiger partial charge in [-0.3, -0.25) is 14.4 Å². The molecule has 0 aliphatic carbocycles. The second kappa shape index (κ2) is 7.77. The van der Waals surface area contributed by atoms with E-state index in [4.69, 9.17) is 9.57 Å². The van der Waals surface area contributed by atoms with Crippen LogP contribution >= 0.6 is 0 Å². The molecule has 8 heteroatoms. The third-order valence-electron chi connectivity index (χ3n) is 2.90. The summed E-state index contributed by atoms with van der Waals surface area (Å²) in [6.07, 6.45) is 0.764. The van der Waals surface area contributed by atoms with E-state index in [0.717, 1.165) is 5.06 Å². The first kappa shape index (κ1) is 18.7. The van der Waals surface area contributed by atoms with Crippen LogP contribution in [0.2, 0.25) is 0 Å². The fourth-order valence-corrected chi connectivity index (χ4v) is 1.80. The molecule has 1 aromatic rings. The lowest BCUT2D eigenvalue weighted by Gasteiger charge is -2.25. The van der Waals surface area contributed by atoms with Gasteiger partial charge in [-0.2, -0.15) is 0 Å². The summed E-state index contributed by atoms with van der Waals surface area (Å²) >= 11 is 0. The van der Waals surface area contributed by atoms with Crippen molar-refractivity contribution in [2.24, 2.45) is 0 Å². The lowest BCUT2D eigenvalue weighted by atomic mass is 10.1. The first-order valence-electron chi connectivity index (χ1n) is 7.12. The van der Waals surface area contributed by atoms with Crippen molar-refractivity contribution in [3.8, 4) is 0 Å². The Kier molecular flexibility index (Phi) is 6.32. The van der Waals surface area contributed by atoms with Crippen LogP contribution in [0.5, 0.6) is 0 Å². The molecule has 2 N–H and O–H groups in total. The third-order valence-corrected chi connectivity index (χ3v) is 2.90. The third kappa shape index (κ3) is 6.11. The summed E-state index contributed by atoms with van der Waals surface area (Å²) in [6.45, 7) is 5.14. The summed E-state index contributed by atoms with van der Waals surface area (Å²) in [6, 6.07) is 2.24. The number of hydrogen-bond donors (Lipinski definition) is 2. The molecule has 0 radical (unpaired) electrons. The molecule has 0 saturated carbocycles. The normalized spacial score (nSPS) is 12.4. The van der Waals surface area contributed by atoms with Crippen LogP contribution in [-0.4, -0.2) is 47.8 Å². The van der Waals surface area contributed by atoms with Crippen LogP contribution in [0.15, 0.2) is 23.1 Å². The SMILES string of the molecule is CON(C)C(=O)C(Cc1ccc[nH]c1=O)NC(=O)OC(C)(C)C. The van der Waals surface area contributed by atoms with Gasteiger partial charge in [-0.1, -0.05) is 6.07 Å². The molecule has 1 rings (SSSR count). The fourth-order valence-electron chi connectivity index (χ4n) is 1.80. The second-order valence-electron chi connectivity index (χ2n) is 5.95. The molecule has 0 aromatic carbocycles. The lowest BCUT2D eigenvalue weighted by molar-refractivity contribution is -0.171. The first-order chi connectivity index (χ1) is 10.6. The summed E-state index contributed by atoms with van der Waals surface area (Å²) in [5.41, 5.74) is -0.655. The van der Waals surface area contributed by atoms with Crippen molar-refractivity contribution in [1.29, 1.82) is 0 Å². The number of nitrogens with zero attached hydrogens (tertiary/aromatic N) is 1. The van der Waals surface area contributed by atoms with E-state index in [1.807, 2.05) is 0 Å². The molecule has 0 bridgehead atoms. The van der Waals surface area contributed by atoms with Gasteiger partial charge in [0, 0.05) is 25.2 Å². The smallest absolute Gasteiger partial charge is 0.408 e. The zero-order valence-corrected chi connectivity index (χ0v) is 14.0. The predicted octanol–water partition coefficient (Wildman–Crippen LogP) is 0.830. The Morgan fingerprint density at radius 3 is 2.57 bits per heavy atom. The zero-order chi connectivity index (χ0) is 17.6. The minimum atomic E-state index is -0.988. The number of aromatic nitrogens is 1. The van der Waals surface area contributed by atoms with Crippen molar-refractivity contribution in [1.82, 2.24) is 15.4 Å². The number of amides is 2. The maximum atomic E-state index is 12.3. The predicted molar refractivity (Wildman–Crippen MR) is 83.7 cm³/mol. The van der Waals surface area contributed by atoms with Gasteiger partial charge < -0.3 is 15.0 Å². The van der Waals surface area contributed by atoms with E-state index in [9.17, 15) is 14.4 Å². The van der Waals surface area contributed by atoms with Crippen LogP contribution in [0.1, 0.15) is 26.3 Å². The molecule has 1 heterocycles. The number of nitrogens with one attached hydrogen (secondary N) is 2. The summed E-state index contributed by atoms with van der Waals surface area (Å²) in [7, 11) is 2.75. The van der Waals surface area contributed by atoms with Gasteiger partial charge in [0.25, 0.3) is 11.5 Å². The molecule has 0 aliphatic rings. The molecule has 128 valence electrons. The van der Waals surface area contributed by atoms with Crippen LogP contribution in [-0.2, 0) is 20.8 Å². The Morgan fingerprint density at radius 2 is 2.04 bits per heavy atom. The number of H-pyrrole nitrogens is 1. The Balaban J connectivity index is 2.94. The van der Waals surface area contributed by atoms with E-state index < -0.39 is 23.6 Å². The Hall–Kier alpha value is -2.35. The van der Waals surface area contributed by atoms with Crippen molar-refractivity contribution in [2.75, 3.05) is 14.2 Å². The highest BCUT2D eigenvalue weighted by Crippen LogP contribution is 2.08. The molecular formula is C15H23N3O5. The highest BCUT2D eigenvalue weighted by Gasteiger charge is 2.27. The molecular weight excluding hydrogens is 302 g/mol. The Morgan fingerprint density at radius 1 is 1.39 bits per heavy atom. The number of pyridine rings is 1. The van der Waals surface area contributed by atoms with E-state index in [1.165, 1.54) is 20.4 Å². The number of hydroxylamine groups is 2. The Bertz CT molecular complexity index is 606. The molecule has 0 aliphatic heterocycles. The quantitative estimate of drug-likeness (QED) is 0.781. The number of rotatable bonds is 5. The van der Waals surface area contributed by atoms with Crippen molar-refractivity contribution in [3.63, 3.8) is 0 Å². The van der Waals surface area contributed by atoms with Gasteiger partial charge in [0.1, 0.15) is 11.6 Å². The maximum Gasteiger partial charge on any atom is 0.408 e. The van der Waals surface area contributed by atoms with Crippen LogP contribution in [0.4, 0.5) is 4.79 Å². The molecule has 0 saturated heterocycles. The topological polar surface area (TPSA) is 101 Å². The summed E-state index contributed by atoms with van der Waals surface area (Å²) in [5, 5.41) is 3.46. The van der Waals surface area contributed by atoms with Gasteiger partial charge in [-0.05, 0) is 26.8 Å². The van der Waals surface area contributed by atoms with Gasteiger partial charge >= 0.3 is 6.09 Å². The van der Waals surface area contributed by atoms with Crippen LogP contribution in [0.3, 0.4) is 0 Å². The van der Waals surface area contributed by atoms with Crippen molar-refractivity contribution >= 4 is 12.0 Å². The monoisotopic (exact) mass is 325 g/mol. The fraction of sp³-hybridized carbons (Fsp3) is 0.533. The summed E-state index contributed by atoms with van der Waals surface area (Å²) in [4.78, 5) is 43.4. The molecule has 1 aromatic heterocycles. The first-order valence-corrected chi connectivity index (χ1v) is 7.12. The van der Waals surface area contributed by atoms with E-state index in [2.05, 4.69) is 10.3 Å². The number of aromatic amines is 1. The van der Waals surface area contributed by atoms with Gasteiger partial charge in [0.15, 0.2) is 0 Å². The van der Waals surface area contributed by atoms with E-state index in [0.29, 0.717) is 5.56 Å². The van der Waals surface area contributed by atoms with Crippen molar-refractivity contribution in [2.45, 2.75) is 38.8 Å². The molecule has 23 heavy (non-hydrogen) atoms. The van der Waals surface area contributed by atoms with Crippen molar-refractivity contribution < 1.29 is 19.2 Å². The van der Waals surface area contributed by atoms with Gasteiger partial charge in [0.2, 0.25) is 0 Å². The zero-order valence-electron chi connectivity index (χ0n) is 14.0. The van der Waals surface area contributed by atoms with Gasteiger partial charge in [-0.25, -0.2) is 9.86 Å². The number of hydrogen-bond acceptors (Lipinski definition) is 5. The van der Waals surface area contributed by atoms with Crippen LogP contribution < -0.4 is 10.9 Å². The lowest BCUT2D eigenvalue weighted by Crippen LogP contribution is -2.50. The standard InChI is InChI=1S/C15H23N3O5/c1-15(2,3)23-14(21)17-11(13(20)18(4)22-5)9-10-7-6-8-16-12(10)19/h6-8,11H,9H2,1-5H3,(H,16,19)(H,17,21). The van der Waals surface area contributed by atoms with E-state index in [1.54, 1.807) is 32.9 Å². The number of likely N-dealkylation sites (N-methyl/N-ethyl adjacent to an activating group) is 1. The van der Waals surface area contributed by atoms with E-state index in [-0.39, 0.29) is 12.0 Å². The number of carbonyl (C=O) groups excluding carboxylic acids is 2. The average Bonchev–Trinajstić information content (AvgIpc) is 2.45. The Labute approximate surface area is 134 Å². The average molecular weight is 325 g/mol. The minimum absolute atomic E-state index is 0.0158. The summed E-state index contributed by atoms with van der Waals surface area (Å²) < 4.78 is 5.15. The van der Waals surface area contributed by atoms with Gasteiger partial charge in [0.05, 0.1) is 7.11 Å². The van der Waals surface area contributed by atoms with Crippen molar-refractivity contribution in [3.05, 3.63) is 34.2 Å². The molecule has 1 atom stereocenters. The highest BCUT2D eigenvalue weighted by atomic mass is 16.7. The maximum absolute atomic E-state index is 12.3. The molecule has 0 spiro atoms. The summed E-state index contributed by atoms with van der Waals surface area (Å²) in [5.74, 6) is -0.499. The molecule has 8 nitrogen and oxygen atoms in total. The number of carbonyl (C=O) groups is 2. The van der Waals surface area contributed by atoms with Crippen LogP contribution in [0, 0.1) is 0 Å². The molecule has 2 amide bonds. The molecule has 1 unspecified atom stereocenters. The number of ether oxygens (including phenoxy) is 1. The molecule has 0 fully saturated rings. The number of alkyl carbamates (subject to hydrolysis) is 1. The largest absolute Gasteiger partial charge is 0.444 e. The van der Waals surface area contributed by atoms with Crippen LogP contribution in [0.25, 0.3) is 0 Å². The minimum Gasteiger partial charge on any atom is -0.444 e. The highest BCUT2D eigenvalue weighted by molar-refractivity contribution is 5.85. The second-order valence-corrected chi connectivity index (χ2v) is 5.95. The van der Waals surface area contributed by atoms with Gasteiger partial charge in [-0.15, -0.1) is 0 Å².